The molecule has 0 rings (SSSR count). The van der Waals surface area contributed by atoms with Crippen LogP contribution in [0.2, 0.25) is 0 Å². The fraction of sp³-hybridized carbons (Fsp3) is 0.712. The fourth-order valence-corrected chi connectivity index (χ4v) is 6.87. The lowest BCUT2D eigenvalue weighted by Crippen LogP contribution is -2.28. The molecule has 332 valence electrons. The van der Waals surface area contributed by atoms with Gasteiger partial charge >= 0.3 is 11.9 Å². The van der Waals surface area contributed by atoms with Crippen LogP contribution < -0.4 is 5.32 Å². The normalized spacial score (nSPS) is 12.7. The third-order valence-electron chi connectivity index (χ3n) is 10.4. The minimum Gasteiger partial charge on any atom is -0.480 e. The summed E-state index contributed by atoms with van der Waals surface area (Å²) in [6.07, 6.45) is 63.2. The number of ether oxygens (including phenoxy) is 1. The Morgan fingerprint density at radius 1 is 0.466 bits per heavy atom. The van der Waals surface area contributed by atoms with Crippen molar-refractivity contribution in [3.05, 3.63) is 72.9 Å². The topological polar surface area (TPSA) is 92.7 Å². The van der Waals surface area contributed by atoms with E-state index in [-0.39, 0.29) is 24.5 Å². The number of aliphatic carboxylic acids is 1. The van der Waals surface area contributed by atoms with Crippen molar-refractivity contribution >= 4 is 17.8 Å². The Bertz CT molecular complexity index is 1120. The number of allylic oxidation sites excluding steroid dienone is 12. The molecule has 0 aliphatic heterocycles. The van der Waals surface area contributed by atoms with Crippen LogP contribution in [0.4, 0.5) is 0 Å². The number of hydrogen-bond donors (Lipinski definition) is 2. The van der Waals surface area contributed by atoms with Gasteiger partial charge in [-0.15, -0.1) is 0 Å². The first-order valence-corrected chi connectivity index (χ1v) is 24.1. The van der Waals surface area contributed by atoms with Gasteiger partial charge in [0.1, 0.15) is 12.6 Å². The van der Waals surface area contributed by atoms with Gasteiger partial charge in [0.15, 0.2) is 0 Å². The molecule has 6 heteroatoms. The summed E-state index contributed by atoms with van der Waals surface area (Å²) in [7, 11) is 0. The molecular weight excluding hydrogens is 719 g/mol. The van der Waals surface area contributed by atoms with Crippen molar-refractivity contribution in [2.45, 2.75) is 232 Å². The van der Waals surface area contributed by atoms with Crippen molar-refractivity contribution in [1.82, 2.24) is 5.32 Å². The van der Waals surface area contributed by atoms with E-state index in [2.05, 4.69) is 92.1 Å². The average Bonchev–Trinajstić information content (AvgIpc) is 3.21. The van der Waals surface area contributed by atoms with E-state index < -0.39 is 5.97 Å². The molecule has 0 bridgehead atoms. The zero-order chi connectivity index (χ0) is 42.3. The van der Waals surface area contributed by atoms with E-state index in [1.807, 2.05) is 0 Å². The second-order valence-electron chi connectivity index (χ2n) is 16.0. The smallest absolute Gasteiger partial charge is 0.322 e. The highest BCUT2D eigenvalue weighted by atomic mass is 16.5. The fourth-order valence-electron chi connectivity index (χ4n) is 6.87. The van der Waals surface area contributed by atoms with E-state index in [9.17, 15) is 14.4 Å². The highest BCUT2D eigenvalue weighted by Crippen LogP contribution is 2.19. The second kappa shape index (κ2) is 46.5. The number of carboxylic acids is 1. The molecule has 0 saturated carbocycles. The predicted octanol–water partition coefficient (Wildman–Crippen LogP) is 15.3. The lowest BCUT2D eigenvalue weighted by molar-refractivity contribution is -0.150. The number of rotatable bonds is 43. The van der Waals surface area contributed by atoms with Gasteiger partial charge in [0, 0.05) is 12.8 Å². The Hall–Kier alpha value is -3.15. The predicted molar refractivity (Wildman–Crippen MR) is 249 cm³/mol. The van der Waals surface area contributed by atoms with E-state index >= 15 is 0 Å². The number of carboxylic acid groups (broad SMARTS) is 1. The monoisotopic (exact) mass is 808 g/mol. The maximum absolute atomic E-state index is 12.8. The Balaban J connectivity index is 4.18. The van der Waals surface area contributed by atoms with Crippen molar-refractivity contribution in [2.24, 2.45) is 0 Å². The lowest BCUT2D eigenvalue weighted by atomic mass is 10.0. The molecule has 0 spiro atoms. The Morgan fingerprint density at radius 3 is 1.29 bits per heavy atom. The van der Waals surface area contributed by atoms with Crippen LogP contribution in [0.5, 0.6) is 0 Å². The maximum atomic E-state index is 12.8. The van der Waals surface area contributed by atoms with E-state index in [4.69, 9.17) is 9.84 Å². The van der Waals surface area contributed by atoms with Crippen LogP contribution in [0, 0.1) is 0 Å². The number of hydrogen-bond acceptors (Lipinski definition) is 4. The van der Waals surface area contributed by atoms with Crippen LogP contribution in [0.3, 0.4) is 0 Å². The van der Waals surface area contributed by atoms with Crippen molar-refractivity contribution in [3.63, 3.8) is 0 Å². The van der Waals surface area contributed by atoms with E-state index in [0.29, 0.717) is 12.8 Å². The van der Waals surface area contributed by atoms with Gasteiger partial charge in [-0.05, 0) is 89.9 Å². The first-order chi connectivity index (χ1) is 28.5. The molecule has 0 aliphatic rings. The second-order valence-corrected chi connectivity index (χ2v) is 16.0. The molecule has 2 N–H and O–H groups in total. The van der Waals surface area contributed by atoms with Gasteiger partial charge in [0.2, 0.25) is 5.91 Å². The molecule has 0 aliphatic carbocycles. The molecule has 0 fully saturated rings. The Morgan fingerprint density at radius 2 is 0.845 bits per heavy atom. The number of amides is 1. The summed E-state index contributed by atoms with van der Waals surface area (Å²) in [5.74, 6) is -1.25. The van der Waals surface area contributed by atoms with Gasteiger partial charge < -0.3 is 15.2 Å². The largest absolute Gasteiger partial charge is 0.480 e. The molecule has 6 nitrogen and oxygen atoms in total. The summed E-state index contributed by atoms with van der Waals surface area (Å²) in [6.45, 7) is 4.12. The summed E-state index contributed by atoms with van der Waals surface area (Å²) >= 11 is 0. The molecule has 0 aromatic heterocycles. The average molecular weight is 808 g/mol. The Labute approximate surface area is 357 Å². The number of nitrogens with one attached hydrogen (secondary N) is 1. The van der Waals surface area contributed by atoms with Crippen LogP contribution in [0.25, 0.3) is 0 Å². The quantitative estimate of drug-likeness (QED) is 0.0364. The van der Waals surface area contributed by atoms with E-state index in [1.54, 1.807) is 0 Å². The molecule has 0 saturated heterocycles. The maximum Gasteiger partial charge on any atom is 0.322 e. The molecule has 1 amide bonds. The number of carbonyl (C=O) groups excluding carboxylic acids is 2. The summed E-state index contributed by atoms with van der Waals surface area (Å²) in [4.78, 5) is 35.1. The van der Waals surface area contributed by atoms with Gasteiger partial charge in [0.25, 0.3) is 0 Å². The van der Waals surface area contributed by atoms with Crippen LogP contribution >= 0.6 is 0 Å². The van der Waals surface area contributed by atoms with Crippen molar-refractivity contribution in [1.29, 1.82) is 0 Å². The number of esters is 1. The van der Waals surface area contributed by atoms with Crippen molar-refractivity contribution in [2.75, 3.05) is 6.54 Å². The third kappa shape index (κ3) is 45.6. The molecular formula is C52H89NO5. The first-order valence-electron chi connectivity index (χ1n) is 24.1. The zero-order valence-electron chi connectivity index (χ0n) is 37.6. The van der Waals surface area contributed by atoms with Crippen LogP contribution in [0.15, 0.2) is 72.9 Å². The minimum absolute atomic E-state index is 0.00936. The molecule has 0 heterocycles. The standard InChI is InChI=1S/C52H89NO5/c1-3-5-7-9-11-13-15-17-18-19-20-21-22-23-24-25-26-28-30-32-34-39-43-47-52(57)58-49(45-41-37-35-38-42-46-50(54)53-48-51(55)56)44-40-36-33-31-29-27-16-14-12-10-8-6-4-2/h5,7,11,13,17-18,20-21,23-24,26,28,49H,3-4,6,8-10,12,14-16,19,22,25,27,29-48H2,1-2H3,(H,53,54)(H,55,56)/b7-5-,13-11-,18-17-,21-20-,24-23-,28-26-. The molecule has 58 heavy (non-hydrogen) atoms. The highest BCUT2D eigenvalue weighted by molar-refractivity contribution is 5.80. The minimum atomic E-state index is -1.02. The number of carbonyl (C=O) groups is 3. The van der Waals surface area contributed by atoms with Gasteiger partial charge in [-0.25, -0.2) is 0 Å². The zero-order valence-corrected chi connectivity index (χ0v) is 37.6. The SMILES string of the molecule is CC/C=C\C/C=C\C/C=C\C/C=C\C/C=C\C/C=C\CCCCCCC(=O)OC(CCCCCCCCCCCCCCC)CCCCCCCC(=O)NCC(=O)O. The van der Waals surface area contributed by atoms with Gasteiger partial charge in [-0.1, -0.05) is 196 Å². The molecule has 0 radical (unpaired) electrons. The van der Waals surface area contributed by atoms with Gasteiger partial charge in [-0.2, -0.15) is 0 Å². The molecule has 1 unspecified atom stereocenters. The lowest BCUT2D eigenvalue weighted by Gasteiger charge is -2.18. The van der Waals surface area contributed by atoms with Gasteiger partial charge in [0.05, 0.1) is 0 Å². The van der Waals surface area contributed by atoms with Crippen LogP contribution in [-0.4, -0.2) is 35.6 Å². The Kier molecular flexibility index (Phi) is 44.0. The van der Waals surface area contributed by atoms with Crippen LogP contribution in [-0.2, 0) is 19.1 Å². The van der Waals surface area contributed by atoms with Crippen molar-refractivity contribution < 1.29 is 24.2 Å². The molecule has 1 atom stereocenters. The van der Waals surface area contributed by atoms with Gasteiger partial charge in [-0.3, -0.25) is 14.4 Å². The summed E-state index contributed by atoms with van der Waals surface area (Å²) in [5, 5.41) is 11.1. The summed E-state index contributed by atoms with van der Waals surface area (Å²) in [5.41, 5.74) is 0. The summed E-state index contributed by atoms with van der Waals surface area (Å²) < 4.78 is 6.04. The van der Waals surface area contributed by atoms with Crippen molar-refractivity contribution in [3.8, 4) is 0 Å². The highest BCUT2D eigenvalue weighted by Gasteiger charge is 2.14. The van der Waals surface area contributed by atoms with E-state index in [1.165, 1.54) is 77.0 Å². The molecule has 0 aromatic carbocycles. The number of unbranched alkanes of at least 4 members (excludes halogenated alkanes) is 20. The van der Waals surface area contributed by atoms with E-state index in [0.717, 1.165) is 122 Å². The first kappa shape index (κ1) is 54.9. The molecule has 0 aromatic rings. The van der Waals surface area contributed by atoms with Crippen LogP contribution in [0.1, 0.15) is 226 Å². The summed E-state index contributed by atoms with van der Waals surface area (Å²) in [6, 6.07) is 0. The third-order valence-corrected chi connectivity index (χ3v) is 10.4.